The molecule has 0 spiro atoms. The van der Waals surface area contributed by atoms with Crippen molar-refractivity contribution in [2.45, 2.75) is 44.2 Å². The Balaban J connectivity index is 1.65. The summed E-state index contributed by atoms with van der Waals surface area (Å²) in [4.78, 5) is 21.2. The number of carbonyl (C=O) groups is 1. The van der Waals surface area contributed by atoms with Gasteiger partial charge in [0.15, 0.2) is 0 Å². The van der Waals surface area contributed by atoms with Gasteiger partial charge in [0.25, 0.3) is 0 Å². The highest BCUT2D eigenvalue weighted by molar-refractivity contribution is 6.34. The minimum Gasteiger partial charge on any atom is -0.368 e. The maximum atomic E-state index is 12.2. The molecule has 0 radical (unpaired) electrons. The van der Waals surface area contributed by atoms with E-state index in [0.29, 0.717) is 16.6 Å². The number of pyridine rings is 1. The van der Waals surface area contributed by atoms with E-state index < -0.39 is 5.54 Å². The van der Waals surface area contributed by atoms with E-state index in [1.165, 1.54) is 6.42 Å². The molecule has 1 aromatic heterocycles. The molecule has 1 amide bonds. The number of halogens is 2. The average Bonchev–Trinajstić information content (AvgIpc) is 2.59. The zero-order valence-electron chi connectivity index (χ0n) is 13.8. The molecule has 7 heteroatoms. The predicted octanol–water partition coefficient (Wildman–Crippen LogP) is 2.69. The summed E-state index contributed by atoms with van der Waals surface area (Å²) in [6.45, 7) is 4.27. The number of aromatic nitrogens is 1. The second-order valence-electron chi connectivity index (χ2n) is 6.80. The Bertz CT molecular complexity index is 596. The number of rotatable bonds is 4. The van der Waals surface area contributed by atoms with Crippen LogP contribution in [-0.2, 0) is 11.3 Å². The highest BCUT2D eigenvalue weighted by atomic mass is 35.5. The second kappa shape index (κ2) is 7.56. The van der Waals surface area contributed by atoms with Crippen molar-refractivity contribution >= 4 is 29.1 Å². The van der Waals surface area contributed by atoms with Crippen LogP contribution in [0.25, 0.3) is 0 Å². The first-order chi connectivity index (χ1) is 11.5. The molecule has 2 fully saturated rings. The van der Waals surface area contributed by atoms with Gasteiger partial charge in [-0.25, -0.2) is 0 Å². The molecule has 1 aromatic rings. The molecule has 3 heterocycles. The molecular weight excluding hydrogens is 347 g/mol. The molecule has 0 saturated carbocycles. The molecule has 132 valence electrons. The van der Waals surface area contributed by atoms with Crippen LogP contribution in [0.3, 0.4) is 0 Å². The van der Waals surface area contributed by atoms with Crippen LogP contribution in [0.1, 0.15) is 37.8 Å². The van der Waals surface area contributed by atoms with E-state index in [0.717, 1.165) is 57.6 Å². The van der Waals surface area contributed by atoms with Gasteiger partial charge in [0, 0.05) is 25.8 Å². The monoisotopic (exact) mass is 370 g/mol. The van der Waals surface area contributed by atoms with Crippen molar-refractivity contribution in [3.05, 3.63) is 28.0 Å². The Kier molecular flexibility index (Phi) is 5.65. The van der Waals surface area contributed by atoms with E-state index in [9.17, 15) is 4.79 Å². The molecule has 0 aromatic carbocycles. The molecule has 2 saturated heterocycles. The second-order valence-corrected chi connectivity index (χ2v) is 7.65. The Morgan fingerprint density at radius 1 is 1.17 bits per heavy atom. The first kappa shape index (κ1) is 17.9. The number of hydrogen-bond donors (Lipinski definition) is 1. The summed E-state index contributed by atoms with van der Waals surface area (Å²) in [5.74, 6) is -0.174. The van der Waals surface area contributed by atoms with Crippen LogP contribution >= 0.6 is 23.2 Å². The van der Waals surface area contributed by atoms with Gasteiger partial charge in [0.05, 0.1) is 15.7 Å². The fourth-order valence-corrected chi connectivity index (χ4v) is 4.33. The Hall–Kier alpha value is -0.880. The normalized spacial score (nSPS) is 22.4. The summed E-state index contributed by atoms with van der Waals surface area (Å²) in [5.41, 5.74) is 6.17. The fraction of sp³-hybridized carbons (Fsp3) is 0.647. The van der Waals surface area contributed by atoms with Crippen molar-refractivity contribution in [2.75, 3.05) is 26.2 Å². The molecule has 2 aliphatic heterocycles. The van der Waals surface area contributed by atoms with Gasteiger partial charge in [0.1, 0.15) is 5.54 Å². The number of nitrogens with two attached hydrogens (primary N) is 1. The van der Waals surface area contributed by atoms with Crippen LogP contribution in [0.2, 0.25) is 10.0 Å². The van der Waals surface area contributed by atoms with Crippen LogP contribution in [0.5, 0.6) is 0 Å². The highest BCUT2D eigenvalue weighted by Gasteiger charge is 2.45. The Labute approximate surface area is 153 Å². The van der Waals surface area contributed by atoms with Gasteiger partial charge in [-0.3, -0.25) is 19.6 Å². The summed E-state index contributed by atoms with van der Waals surface area (Å²) >= 11 is 12.1. The number of amides is 1. The molecular formula is C17H24Cl2N4O. The number of primary amides is 1. The van der Waals surface area contributed by atoms with Crippen LogP contribution < -0.4 is 5.73 Å². The smallest absolute Gasteiger partial charge is 0.238 e. The zero-order chi connectivity index (χ0) is 17.2. The predicted molar refractivity (Wildman–Crippen MR) is 96.1 cm³/mol. The number of hydrogen-bond acceptors (Lipinski definition) is 4. The third-order valence-electron chi connectivity index (χ3n) is 5.36. The third-order valence-corrected chi connectivity index (χ3v) is 5.89. The number of carbonyl (C=O) groups excluding carboxylic acids is 1. The first-order valence-corrected chi connectivity index (χ1v) is 9.34. The van der Waals surface area contributed by atoms with E-state index in [-0.39, 0.29) is 5.91 Å². The zero-order valence-corrected chi connectivity index (χ0v) is 15.3. The van der Waals surface area contributed by atoms with E-state index in [2.05, 4.69) is 14.8 Å². The minimum absolute atomic E-state index is 0.174. The SMILES string of the molecule is NC(=O)C1(N2CCCCC2)CCN(Cc2ncc(Cl)cc2Cl)CC1. The first-order valence-electron chi connectivity index (χ1n) is 8.58. The fourth-order valence-electron chi connectivity index (χ4n) is 3.89. The molecule has 2 N–H and O–H groups in total. The standard InChI is InChI=1S/C17H24Cl2N4O/c18-13-10-14(19)15(21-11-13)12-22-8-4-17(5-9-22,16(20)24)23-6-2-1-3-7-23/h10-11H,1-9,12H2,(H2,20,24). The highest BCUT2D eigenvalue weighted by Crippen LogP contribution is 2.32. The molecule has 24 heavy (non-hydrogen) atoms. The third kappa shape index (κ3) is 3.69. The van der Waals surface area contributed by atoms with Crippen LogP contribution in [0, 0.1) is 0 Å². The van der Waals surface area contributed by atoms with Crippen LogP contribution in [0.15, 0.2) is 12.3 Å². The summed E-state index contributed by atoms with van der Waals surface area (Å²) in [6.07, 6.45) is 6.72. The van der Waals surface area contributed by atoms with Gasteiger partial charge in [-0.05, 0) is 44.8 Å². The molecule has 3 rings (SSSR count). The summed E-state index contributed by atoms with van der Waals surface area (Å²) < 4.78 is 0. The van der Waals surface area contributed by atoms with E-state index >= 15 is 0 Å². The maximum absolute atomic E-state index is 12.2. The summed E-state index contributed by atoms with van der Waals surface area (Å²) in [5, 5.41) is 1.13. The summed E-state index contributed by atoms with van der Waals surface area (Å²) in [6, 6.07) is 1.72. The number of nitrogens with zero attached hydrogens (tertiary/aromatic N) is 3. The van der Waals surface area contributed by atoms with Gasteiger partial charge in [0.2, 0.25) is 5.91 Å². The van der Waals surface area contributed by atoms with Crippen molar-refractivity contribution in [1.82, 2.24) is 14.8 Å². The topological polar surface area (TPSA) is 62.5 Å². The van der Waals surface area contributed by atoms with Gasteiger partial charge in [-0.2, -0.15) is 0 Å². The Morgan fingerprint density at radius 3 is 2.42 bits per heavy atom. The van der Waals surface area contributed by atoms with Gasteiger partial charge < -0.3 is 5.73 Å². The lowest BCUT2D eigenvalue weighted by atomic mass is 9.83. The van der Waals surface area contributed by atoms with Crippen LogP contribution in [-0.4, -0.2) is 52.4 Å². The van der Waals surface area contributed by atoms with Crippen molar-refractivity contribution in [2.24, 2.45) is 5.73 Å². The number of piperidine rings is 2. The van der Waals surface area contributed by atoms with Crippen molar-refractivity contribution in [1.29, 1.82) is 0 Å². The van der Waals surface area contributed by atoms with Crippen LogP contribution in [0.4, 0.5) is 0 Å². The number of likely N-dealkylation sites (tertiary alicyclic amines) is 2. The van der Waals surface area contributed by atoms with Gasteiger partial charge >= 0.3 is 0 Å². The molecule has 5 nitrogen and oxygen atoms in total. The van der Waals surface area contributed by atoms with Crippen molar-refractivity contribution < 1.29 is 4.79 Å². The molecule has 2 aliphatic rings. The molecule has 0 bridgehead atoms. The van der Waals surface area contributed by atoms with Crippen molar-refractivity contribution in [3.8, 4) is 0 Å². The van der Waals surface area contributed by atoms with Crippen molar-refractivity contribution in [3.63, 3.8) is 0 Å². The van der Waals surface area contributed by atoms with Gasteiger partial charge in [-0.15, -0.1) is 0 Å². The van der Waals surface area contributed by atoms with E-state index in [4.69, 9.17) is 28.9 Å². The largest absolute Gasteiger partial charge is 0.368 e. The molecule has 0 unspecified atom stereocenters. The Morgan fingerprint density at radius 2 is 1.83 bits per heavy atom. The molecule has 0 atom stereocenters. The van der Waals surface area contributed by atoms with E-state index in [1.54, 1.807) is 12.3 Å². The lowest BCUT2D eigenvalue weighted by Gasteiger charge is -2.48. The van der Waals surface area contributed by atoms with E-state index in [1.807, 2.05) is 0 Å². The quantitative estimate of drug-likeness (QED) is 0.884. The summed E-state index contributed by atoms with van der Waals surface area (Å²) in [7, 11) is 0. The maximum Gasteiger partial charge on any atom is 0.238 e. The molecule has 0 aliphatic carbocycles. The lowest BCUT2D eigenvalue weighted by molar-refractivity contribution is -0.135. The lowest BCUT2D eigenvalue weighted by Crippen LogP contribution is -2.63. The minimum atomic E-state index is -0.478. The van der Waals surface area contributed by atoms with Gasteiger partial charge in [-0.1, -0.05) is 29.6 Å². The average molecular weight is 371 g/mol.